The summed E-state index contributed by atoms with van der Waals surface area (Å²) in [5.74, 6) is -1.47. The fourth-order valence-corrected chi connectivity index (χ4v) is 2.96. The fourth-order valence-electron chi connectivity index (χ4n) is 2.96. The van der Waals surface area contributed by atoms with Crippen LogP contribution in [0.5, 0.6) is 5.75 Å². The maximum Gasteiger partial charge on any atom is 0.311 e. The summed E-state index contributed by atoms with van der Waals surface area (Å²) < 4.78 is 10.1. The number of non-ortho nitro benzene ring substituents is 1. The van der Waals surface area contributed by atoms with Gasteiger partial charge in [-0.25, -0.2) is 0 Å². The average molecular weight is 393 g/mol. The van der Waals surface area contributed by atoms with Gasteiger partial charge in [0, 0.05) is 25.6 Å². The van der Waals surface area contributed by atoms with Crippen LogP contribution in [0.1, 0.15) is 26.2 Å². The number of nitrogens with one attached hydrogen (secondary N) is 1. The Hall–Kier alpha value is -3.17. The molecule has 1 aromatic rings. The van der Waals surface area contributed by atoms with Crippen molar-refractivity contribution < 1.29 is 28.8 Å². The number of amides is 2. The molecule has 1 heterocycles. The van der Waals surface area contributed by atoms with Crippen LogP contribution in [0.25, 0.3) is 0 Å². The number of nitrogens with zero attached hydrogens (tertiary/aromatic N) is 2. The van der Waals surface area contributed by atoms with Gasteiger partial charge in [-0.3, -0.25) is 24.5 Å². The quantitative estimate of drug-likeness (QED) is 0.424. The van der Waals surface area contributed by atoms with E-state index in [4.69, 9.17) is 9.47 Å². The SMILES string of the molecule is CCC(=O)N1CCCC(C(=O)OCC(=O)Nc2ccc([N+](=O)[O-])cc2OC)C1. The van der Waals surface area contributed by atoms with Crippen LogP contribution < -0.4 is 10.1 Å². The molecule has 1 saturated heterocycles. The lowest BCUT2D eigenvalue weighted by atomic mass is 9.98. The second kappa shape index (κ2) is 9.67. The molecule has 1 aliphatic heterocycles. The zero-order valence-electron chi connectivity index (χ0n) is 15.8. The topological polar surface area (TPSA) is 128 Å². The normalized spacial score (nSPS) is 16.2. The average Bonchev–Trinajstić information content (AvgIpc) is 2.71. The molecule has 152 valence electrons. The van der Waals surface area contributed by atoms with Gasteiger partial charge in [0.2, 0.25) is 5.91 Å². The highest BCUT2D eigenvalue weighted by atomic mass is 16.6. The molecule has 1 N–H and O–H groups in total. The zero-order valence-corrected chi connectivity index (χ0v) is 15.8. The Bertz CT molecular complexity index is 766. The van der Waals surface area contributed by atoms with Crippen LogP contribution in [-0.2, 0) is 19.1 Å². The molecule has 0 aromatic heterocycles. The zero-order chi connectivity index (χ0) is 20.7. The number of anilines is 1. The Balaban J connectivity index is 1.89. The first-order valence-electron chi connectivity index (χ1n) is 8.92. The number of nitro benzene ring substituents is 1. The van der Waals surface area contributed by atoms with E-state index >= 15 is 0 Å². The monoisotopic (exact) mass is 393 g/mol. The van der Waals surface area contributed by atoms with Crippen molar-refractivity contribution in [3.05, 3.63) is 28.3 Å². The Morgan fingerprint density at radius 2 is 2.11 bits per heavy atom. The molecule has 2 rings (SSSR count). The maximum atomic E-state index is 12.2. The highest BCUT2D eigenvalue weighted by Crippen LogP contribution is 2.29. The third kappa shape index (κ3) is 5.41. The van der Waals surface area contributed by atoms with Crippen molar-refractivity contribution in [3.8, 4) is 5.75 Å². The number of piperidine rings is 1. The predicted molar refractivity (Wildman–Crippen MR) is 98.8 cm³/mol. The van der Waals surface area contributed by atoms with E-state index in [2.05, 4.69) is 5.32 Å². The molecule has 1 unspecified atom stereocenters. The highest BCUT2D eigenvalue weighted by molar-refractivity contribution is 5.94. The van der Waals surface area contributed by atoms with Crippen LogP contribution in [0.15, 0.2) is 18.2 Å². The Morgan fingerprint density at radius 1 is 1.36 bits per heavy atom. The highest BCUT2D eigenvalue weighted by Gasteiger charge is 2.29. The van der Waals surface area contributed by atoms with E-state index in [1.54, 1.807) is 11.8 Å². The van der Waals surface area contributed by atoms with Crippen LogP contribution in [0.4, 0.5) is 11.4 Å². The smallest absolute Gasteiger partial charge is 0.311 e. The number of nitro groups is 1. The van der Waals surface area contributed by atoms with Gasteiger partial charge in [-0.05, 0) is 18.9 Å². The van der Waals surface area contributed by atoms with Crippen molar-refractivity contribution in [2.75, 3.05) is 32.1 Å². The van der Waals surface area contributed by atoms with Crippen LogP contribution in [0.3, 0.4) is 0 Å². The van der Waals surface area contributed by atoms with Crippen LogP contribution in [0, 0.1) is 16.0 Å². The van der Waals surface area contributed by atoms with E-state index in [0.717, 1.165) is 0 Å². The summed E-state index contributed by atoms with van der Waals surface area (Å²) in [6, 6.07) is 3.75. The minimum Gasteiger partial charge on any atom is -0.494 e. The van der Waals surface area contributed by atoms with Gasteiger partial charge in [0.25, 0.3) is 11.6 Å². The standard InChI is InChI=1S/C18H23N3O7/c1-3-17(23)20-8-4-5-12(10-20)18(24)28-11-16(22)19-14-7-6-13(21(25)26)9-15(14)27-2/h6-7,9,12H,3-5,8,10-11H2,1-2H3,(H,19,22). The van der Waals surface area contributed by atoms with Gasteiger partial charge in [-0.2, -0.15) is 0 Å². The minimum absolute atomic E-state index is 0.0134. The van der Waals surface area contributed by atoms with Crippen LogP contribution in [0.2, 0.25) is 0 Å². The van der Waals surface area contributed by atoms with E-state index in [9.17, 15) is 24.5 Å². The maximum absolute atomic E-state index is 12.2. The summed E-state index contributed by atoms with van der Waals surface area (Å²) >= 11 is 0. The fraction of sp³-hybridized carbons (Fsp3) is 0.500. The molecule has 0 spiro atoms. The minimum atomic E-state index is -0.599. The molecule has 0 radical (unpaired) electrons. The molecule has 28 heavy (non-hydrogen) atoms. The third-order valence-electron chi connectivity index (χ3n) is 4.43. The largest absolute Gasteiger partial charge is 0.494 e. The number of hydrogen-bond acceptors (Lipinski definition) is 7. The van der Waals surface area contributed by atoms with Crippen LogP contribution >= 0.6 is 0 Å². The number of carbonyl (C=O) groups is 3. The molecule has 0 aliphatic carbocycles. The first-order valence-corrected chi connectivity index (χ1v) is 8.92. The third-order valence-corrected chi connectivity index (χ3v) is 4.43. The number of benzene rings is 1. The van der Waals surface area contributed by atoms with E-state index < -0.39 is 29.3 Å². The number of likely N-dealkylation sites (tertiary alicyclic amines) is 1. The second-order valence-electron chi connectivity index (χ2n) is 6.33. The molecule has 0 bridgehead atoms. The van der Waals surface area contributed by atoms with E-state index in [0.29, 0.717) is 32.4 Å². The van der Waals surface area contributed by atoms with Crippen molar-refractivity contribution in [2.24, 2.45) is 5.92 Å². The van der Waals surface area contributed by atoms with Gasteiger partial charge in [0.1, 0.15) is 5.75 Å². The number of ether oxygens (including phenoxy) is 2. The summed E-state index contributed by atoms with van der Waals surface area (Å²) in [7, 11) is 1.32. The number of carbonyl (C=O) groups excluding carboxylic acids is 3. The number of rotatable bonds is 7. The number of hydrogen-bond donors (Lipinski definition) is 1. The molecule has 10 heteroatoms. The number of esters is 1. The van der Waals surface area contributed by atoms with Crippen molar-refractivity contribution >= 4 is 29.2 Å². The van der Waals surface area contributed by atoms with Crippen molar-refractivity contribution in [1.82, 2.24) is 4.90 Å². The first kappa shape index (κ1) is 21.1. The predicted octanol–water partition coefficient (Wildman–Crippen LogP) is 1.73. The lowest BCUT2D eigenvalue weighted by Crippen LogP contribution is -2.42. The Kier molecular flexibility index (Phi) is 7.30. The summed E-state index contributed by atoms with van der Waals surface area (Å²) in [6.07, 6.45) is 1.68. The van der Waals surface area contributed by atoms with Crippen molar-refractivity contribution in [1.29, 1.82) is 0 Å². The number of methoxy groups -OCH3 is 1. The molecule has 1 aliphatic rings. The molecule has 1 fully saturated rings. The van der Waals surface area contributed by atoms with Crippen LogP contribution in [-0.4, -0.2) is 54.4 Å². The molecular weight excluding hydrogens is 370 g/mol. The van der Waals surface area contributed by atoms with Gasteiger partial charge in [0.15, 0.2) is 6.61 Å². The van der Waals surface area contributed by atoms with Crippen molar-refractivity contribution in [3.63, 3.8) is 0 Å². The lowest BCUT2D eigenvalue weighted by molar-refractivity contribution is -0.384. The summed E-state index contributed by atoms with van der Waals surface area (Å²) in [5, 5.41) is 13.3. The first-order chi connectivity index (χ1) is 13.3. The Morgan fingerprint density at radius 3 is 2.75 bits per heavy atom. The second-order valence-corrected chi connectivity index (χ2v) is 6.33. The van der Waals surface area contributed by atoms with E-state index in [1.807, 2.05) is 0 Å². The summed E-state index contributed by atoms with van der Waals surface area (Å²) in [5.41, 5.74) is 0.0521. The van der Waals surface area contributed by atoms with Gasteiger partial charge < -0.3 is 19.7 Å². The molecule has 10 nitrogen and oxygen atoms in total. The van der Waals surface area contributed by atoms with Gasteiger partial charge in [0.05, 0.1) is 29.7 Å². The van der Waals surface area contributed by atoms with Gasteiger partial charge in [-0.1, -0.05) is 6.92 Å². The lowest BCUT2D eigenvalue weighted by Gasteiger charge is -2.31. The van der Waals surface area contributed by atoms with Gasteiger partial charge in [-0.15, -0.1) is 0 Å². The molecule has 2 amide bonds. The summed E-state index contributed by atoms with van der Waals surface area (Å²) in [4.78, 5) is 47.9. The molecular formula is C18H23N3O7. The summed E-state index contributed by atoms with van der Waals surface area (Å²) in [6.45, 7) is 2.18. The van der Waals surface area contributed by atoms with Crippen molar-refractivity contribution in [2.45, 2.75) is 26.2 Å². The molecule has 0 saturated carbocycles. The van der Waals surface area contributed by atoms with E-state index in [-0.39, 0.29) is 23.0 Å². The molecule has 1 atom stereocenters. The Labute approximate surface area is 161 Å². The molecule has 1 aromatic carbocycles. The van der Waals surface area contributed by atoms with Gasteiger partial charge >= 0.3 is 5.97 Å². The van der Waals surface area contributed by atoms with E-state index in [1.165, 1.54) is 25.3 Å².